The minimum absolute atomic E-state index is 0.0491. The molecule has 1 aliphatic heterocycles. The van der Waals surface area contributed by atoms with Gasteiger partial charge < -0.3 is 39.7 Å². The van der Waals surface area contributed by atoms with E-state index in [0.717, 1.165) is 0 Å². The van der Waals surface area contributed by atoms with E-state index in [2.05, 4.69) is 29.3 Å². The molecule has 7 N–H and O–H groups in total. The molecule has 0 bridgehead atoms. The first-order valence-corrected chi connectivity index (χ1v) is 13.7. The number of aromatic nitrogens is 4. The van der Waals surface area contributed by atoms with Crippen molar-refractivity contribution in [3.8, 4) is 0 Å². The van der Waals surface area contributed by atoms with Crippen LogP contribution in [0.5, 0.6) is 0 Å². The lowest BCUT2D eigenvalue weighted by atomic mass is 10.2. The summed E-state index contributed by atoms with van der Waals surface area (Å²) in [6.45, 7) is -0.415. The van der Waals surface area contributed by atoms with E-state index in [0.29, 0.717) is 6.92 Å². The van der Waals surface area contributed by atoms with Crippen LogP contribution in [0.25, 0.3) is 21.6 Å². The third kappa shape index (κ3) is 5.02. The molecule has 0 amide bonds. The number of hydrogen-bond acceptors (Lipinski definition) is 12. The highest BCUT2D eigenvalue weighted by molar-refractivity contribution is 7.76. The van der Waals surface area contributed by atoms with Crippen LogP contribution in [0, 0.1) is 0 Å². The van der Waals surface area contributed by atoms with Crippen LogP contribution >= 0.6 is 23.0 Å². The Hall–Kier alpha value is -1.97. The first-order valence-electron chi connectivity index (χ1n) is 9.02. The Labute approximate surface area is 189 Å². The van der Waals surface area contributed by atoms with Crippen LogP contribution in [-0.2, 0) is 27.3 Å². The first kappa shape index (κ1) is 26.6. The van der Waals surface area contributed by atoms with Crippen LogP contribution in [0.15, 0.2) is 17.8 Å². The van der Waals surface area contributed by atoms with Crippen molar-refractivity contribution in [1.82, 2.24) is 19.5 Å². The van der Waals surface area contributed by atoms with Crippen molar-refractivity contribution >= 4 is 40.0 Å². The zero-order valence-electron chi connectivity index (χ0n) is 17.0. The quantitative estimate of drug-likeness (QED) is 0.109. The summed E-state index contributed by atoms with van der Waals surface area (Å²) in [5, 5.41) is 9.73. The summed E-state index contributed by atoms with van der Waals surface area (Å²) in [7, 11) is -17.0. The fourth-order valence-corrected chi connectivity index (χ4v) is 7.44. The summed E-state index contributed by atoms with van der Waals surface area (Å²) in [4.78, 5) is 52.0. The van der Waals surface area contributed by atoms with Gasteiger partial charge in [0.1, 0.15) is 24.2 Å². The van der Waals surface area contributed by atoms with Crippen LogP contribution in [-0.4, -0.2) is 68.0 Å². The lowest BCUT2D eigenvalue weighted by molar-refractivity contribution is -0.0401. The summed E-state index contributed by atoms with van der Waals surface area (Å²) in [5.74, 6) is 0.103. The Morgan fingerprint density at radius 1 is 1.29 bits per heavy atom. The molecule has 6 atom stereocenters. The number of nitrogens with two attached hydrogens (primary N) is 1. The molecule has 2 aromatic heterocycles. The summed E-state index contributed by atoms with van der Waals surface area (Å²) < 4.78 is 51.7. The molecule has 22 heteroatoms. The molecule has 0 saturated carbocycles. The molecule has 3 heterocycles. The van der Waals surface area contributed by atoms with E-state index in [9.17, 15) is 28.6 Å². The SMILES string of the molecule is C[C@](N=[N+]=[N-])(P(=O)(O)OC[C@H]1O[C@@H](n2cnc3c(N)ncnc32)C[C@@H]1O)P(=O)(O)OP(=O)(O)O. The first-order chi connectivity index (χ1) is 15.6. The van der Waals surface area contributed by atoms with E-state index < -0.39 is 53.1 Å². The van der Waals surface area contributed by atoms with Crippen LogP contribution in [0.1, 0.15) is 19.6 Å². The maximum atomic E-state index is 12.8. The fraction of sp³-hybridized carbons (Fsp3) is 0.583. The molecule has 188 valence electrons. The Bertz CT molecular complexity index is 1280. The molecule has 0 aromatic carbocycles. The van der Waals surface area contributed by atoms with Crippen molar-refractivity contribution in [3.63, 3.8) is 0 Å². The van der Waals surface area contributed by atoms with Gasteiger partial charge in [-0.3, -0.25) is 13.7 Å². The maximum absolute atomic E-state index is 12.8. The Kier molecular flexibility index (Phi) is 7.24. The lowest BCUT2D eigenvalue weighted by Gasteiger charge is -2.32. The third-order valence-corrected chi connectivity index (χ3v) is 10.9. The number of hydrogen-bond donors (Lipinski definition) is 6. The Morgan fingerprint density at radius 2 is 1.97 bits per heavy atom. The van der Waals surface area contributed by atoms with Crippen molar-refractivity contribution < 1.29 is 51.9 Å². The molecule has 2 aromatic rings. The highest BCUT2D eigenvalue weighted by Crippen LogP contribution is 2.77. The standard InChI is InChI=1S/C12H19N8O11P3/c1-12(18-19-14,33(24,25)31-34(26,27)28)32(22,23)29-3-7-6(21)2-8(30-7)20-5-17-9-10(13)15-4-16-11(9)20/h4-8,21H,2-3H2,1H3,(H,22,23)(H,24,25)(H2,13,15,16)(H2,26,27,28)/t6-,7+,8+,12-/m0/s1. The number of aliphatic hydroxyl groups excluding tert-OH is 1. The van der Waals surface area contributed by atoms with E-state index in [-0.39, 0.29) is 23.4 Å². The minimum Gasteiger partial charge on any atom is -0.390 e. The molecular weight excluding hydrogens is 525 g/mol. The Morgan fingerprint density at radius 3 is 2.59 bits per heavy atom. The predicted octanol–water partition coefficient (Wildman–Crippen LogP) is 0.538. The number of rotatable bonds is 9. The third-order valence-electron chi connectivity index (χ3n) is 4.84. The van der Waals surface area contributed by atoms with Crippen molar-refractivity contribution in [2.75, 3.05) is 12.3 Å². The number of imidazole rings is 1. The molecule has 19 nitrogen and oxygen atoms in total. The van der Waals surface area contributed by atoms with Gasteiger partial charge in [0.2, 0.25) is 5.02 Å². The number of phosphoric acid groups is 1. The number of nitrogens with zero attached hydrogens (tertiary/aromatic N) is 7. The van der Waals surface area contributed by atoms with Gasteiger partial charge in [0.05, 0.1) is 19.0 Å². The van der Waals surface area contributed by atoms with Crippen molar-refractivity contribution in [1.29, 1.82) is 0 Å². The van der Waals surface area contributed by atoms with Gasteiger partial charge in [-0.05, 0) is 12.5 Å². The van der Waals surface area contributed by atoms with Crippen LogP contribution in [0.4, 0.5) is 5.82 Å². The minimum atomic E-state index is -5.80. The maximum Gasteiger partial charge on any atom is 0.476 e. The van der Waals surface area contributed by atoms with Gasteiger partial charge >= 0.3 is 23.0 Å². The monoisotopic (exact) mass is 544 g/mol. The van der Waals surface area contributed by atoms with E-state index in [1.54, 1.807) is 0 Å². The molecular formula is C12H19N8O11P3. The van der Waals surface area contributed by atoms with Gasteiger partial charge in [0.15, 0.2) is 11.5 Å². The topological polar surface area (TPSA) is 298 Å². The highest BCUT2D eigenvalue weighted by Gasteiger charge is 2.62. The zero-order chi connectivity index (χ0) is 25.5. The predicted molar refractivity (Wildman–Crippen MR) is 111 cm³/mol. The smallest absolute Gasteiger partial charge is 0.390 e. The van der Waals surface area contributed by atoms with Crippen molar-refractivity contribution in [2.24, 2.45) is 5.11 Å². The van der Waals surface area contributed by atoms with E-state index in [4.69, 9.17) is 30.3 Å². The molecule has 0 spiro atoms. The largest absolute Gasteiger partial charge is 0.476 e. The number of nitrogen functional groups attached to an aromatic ring is 1. The van der Waals surface area contributed by atoms with Gasteiger partial charge in [-0.15, -0.1) is 0 Å². The second-order valence-corrected chi connectivity index (χ2v) is 13.2. The van der Waals surface area contributed by atoms with Crippen molar-refractivity contribution in [2.45, 2.75) is 36.8 Å². The van der Waals surface area contributed by atoms with E-state index in [1.807, 2.05) is 0 Å². The van der Waals surface area contributed by atoms with Gasteiger partial charge in [-0.25, -0.2) is 23.8 Å². The Balaban J connectivity index is 1.79. The molecule has 1 saturated heterocycles. The van der Waals surface area contributed by atoms with Crippen LogP contribution in [0.2, 0.25) is 0 Å². The fourth-order valence-electron chi connectivity index (χ4n) is 2.99. The molecule has 1 fully saturated rings. The lowest BCUT2D eigenvalue weighted by Crippen LogP contribution is -2.30. The van der Waals surface area contributed by atoms with Gasteiger partial charge in [-0.2, -0.15) is 0 Å². The molecule has 1 aliphatic rings. The molecule has 2 unspecified atom stereocenters. The summed E-state index contributed by atoms with van der Waals surface area (Å²) in [6, 6.07) is 0. The second kappa shape index (κ2) is 9.24. The van der Waals surface area contributed by atoms with E-state index in [1.165, 1.54) is 17.2 Å². The molecule has 3 rings (SSSR count). The summed E-state index contributed by atoms with van der Waals surface area (Å²) in [5.41, 5.74) is 15.0. The van der Waals surface area contributed by atoms with Crippen molar-refractivity contribution in [3.05, 3.63) is 23.1 Å². The van der Waals surface area contributed by atoms with E-state index >= 15 is 0 Å². The van der Waals surface area contributed by atoms with Gasteiger partial charge in [0, 0.05) is 11.3 Å². The number of azide groups is 1. The number of aliphatic hydroxyl groups is 1. The number of ether oxygens (including phenoxy) is 1. The number of fused-ring (bicyclic) bond motifs is 1. The van der Waals surface area contributed by atoms with Gasteiger partial charge in [0.25, 0.3) is 0 Å². The summed E-state index contributed by atoms with van der Waals surface area (Å²) >= 11 is 0. The molecule has 0 aliphatic carbocycles. The normalized spacial score (nSPS) is 26.4. The zero-order valence-corrected chi connectivity index (χ0v) is 19.7. The van der Waals surface area contributed by atoms with Gasteiger partial charge in [-0.1, -0.05) is 5.11 Å². The number of anilines is 1. The summed E-state index contributed by atoms with van der Waals surface area (Å²) in [6.07, 6.45) is -0.933. The van der Waals surface area contributed by atoms with Crippen LogP contribution < -0.4 is 5.73 Å². The highest BCUT2D eigenvalue weighted by atomic mass is 31.3. The average Bonchev–Trinajstić information content (AvgIpc) is 3.28. The second-order valence-electron chi connectivity index (χ2n) is 7.08. The van der Waals surface area contributed by atoms with Crippen LogP contribution in [0.3, 0.4) is 0 Å². The molecule has 34 heavy (non-hydrogen) atoms. The average molecular weight is 544 g/mol. The molecule has 0 radical (unpaired) electrons.